The van der Waals surface area contributed by atoms with E-state index < -0.39 is 10.2 Å². The first-order valence-electron chi connectivity index (χ1n) is 9.28. The molecule has 0 spiro atoms. The average Bonchev–Trinajstić information content (AvgIpc) is 2.64. The van der Waals surface area contributed by atoms with E-state index >= 15 is 0 Å². The zero-order valence-electron chi connectivity index (χ0n) is 15.2. The van der Waals surface area contributed by atoms with Crippen LogP contribution >= 0.6 is 11.6 Å². The predicted molar refractivity (Wildman–Crippen MR) is 103 cm³/mol. The first-order chi connectivity index (χ1) is 12.5. The smallest absolute Gasteiger partial charge is 0.279 e. The predicted octanol–water partition coefficient (Wildman–Crippen LogP) is 2.28. The monoisotopic (exact) mass is 401 g/mol. The fraction of sp³-hybridized carbons (Fsp3) is 0.667. The van der Waals surface area contributed by atoms with Gasteiger partial charge in [-0.05, 0) is 30.4 Å². The highest BCUT2D eigenvalue weighted by atomic mass is 35.5. The highest BCUT2D eigenvalue weighted by Crippen LogP contribution is 2.28. The van der Waals surface area contributed by atoms with Gasteiger partial charge in [-0.25, -0.2) is 4.72 Å². The van der Waals surface area contributed by atoms with Gasteiger partial charge in [-0.1, -0.05) is 36.7 Å². The summed E-state index contributed by atoms with van der Waals surface area (Å²) in [6, 6.07) is 7.55. The molecule has 2 atom stereocenters. The van der Waals surface area contributed by atoms with E-state index in [4.69, 9.17) is 16.3 Å². The van der Waals surface area contributed by atoms with Crippen molar-refractivity contribution in [3.63, 3.8) is 0 Å². The second kappa shape index (κ2) is 8.99. The van der Waals surface area contributed by atoms with Gasteiger partial charge < -0.3 is 4.74 Å². The van der Waals surface area contributed by atoms with Crippen molar-refractivity contribution in [1.82, 2.24) is 13.9 Å². The molecule has 6 nitrogen and oxygen atoms in total. The molecule has 2 unspecified atom stereocenters. The summed E-state index contributed by atoms with van der Waals surface area (Å²) in [6.07, 6.45) is 2.00. The van der Waals surface area contributed by atoms with Crippen molar-refractivity contribution in [2.75, 3.05) is 45.9 Å². The molecule has 1 aromatic carbocycles. The number of halogens is 1. The first kappa shape index (κ1) is 20.0. The van der Waals surface area contributed by atoms with E-state index in [1.54, 1.807) is 4.31 Å². The molecule has 0 amide bonds. The van der Waals surface area contributed by atoms with Crippen LogP contribution in [0.4, 0.5) is 0 Å². The van der Waals surface area contributed by atoms with Gasteiger partial charge in [0.05, 0.1) is 19.3 Å². The Morgan fingerprint density at radius 3 is 2.69 bits per heavy atom. The molecule has 0 saturated carbocycles. The molecule has 0 bridgehead atoms. The standard InChI is InChI=1S/C18H28ClN3O3S/c1-15-5-4-8-22(14-15)26(23,24)20-13-18(21-9-11-25-12-10-21)16-6-2-3-7-17(16)19/h2-3,6-7,15,18,20H,4-5,8-14H2,1H3. The van der Waals surface area contributed by atoms with E-state index in [9.17, 15) is 8.42 Å². The lowest BCUT2D eigenvalue weighted by Crippen LogP contribution is -2.49. The summed E-state index contributed by atoms with van der Waals surface area (Å²) in [6.45, 7) is 6.40. The third-order valence-corrected chi connectivity index (χ3v) is 7.06. The van der Waals surface area contributed by atoms with Crippen LogP contribution in [-0.2, 0) is 14.9 Å². The topological polar surface area (TPSA) is 61.9 Å². The molecule has 0 aromatic heterocycles. The van der Waals surface area contributed by atoms with Crippen LogP contribution < -0.4 is 4.72 Å². The number of benzene rings is 1. The molecule has 26 heavy (non-hydrogen) atoms. The third-order valence-electron chi connectivity index (χ3n) is 5.17. The van der Waals surface area contributed by atoms with Gasteiger partial charge in [-0.3, -0.25) is 4.90 Å². The molecule has 2 saturated heterocycles. The maximum absolute atomic E-state index is 12.8. The van der Waals surface area contributed by atoms with Crippen LogP contribution in [0.5, 0.6) is 0 Å². The van der Waals surface area contributed by atoms with E-state index in [0.29, 0.717) is 43.8 Å². The first-order valence-corrected chi connectivity index (χ1v) is 11.1. The second-order valence-corrected chi connectivity index (χ2v) is 9.31. The lowest BCUT2D eigenvalue weighted by atomic mass is 10.0. The van der Waals surface area contributed by atoms with Crippen LogP contribution in [-0.4, -0.2) is 63.6 Å². The molecule has 1 aromatic rings. The molecule has 0 aliphatic carbocycles. The Labute approximate surface area is 161 Å². The SMILES string of the molecule is CC1CCCN(S(=O)(=O)NCC(c2ccccc2Cl)N2CCOCC2)C1. The Kier molecular flexibility index (Phi) is 6.93. The van der Waals surface area contributed by atoms with Crippen molar-refractivity contribution in [3.8, 4) is 0 Å². The van der Waals surface area contributed by atoms with Crippen molar-refractivity contribution in [3.05, 3.63) is 34.9 Å². The van der Waals surface area contributed by atoms with E-state index in [1.165, 1.54) is 0 Å². The number of nitrogens with zero attached hydrogens (tertiary/aromatic N) is 2. The van der Waals surface area contributed by atoms with Crippen molar-refractivity contribution in [1.29, 1.82) is 0 Å². The molecule has 2 fully saturated rings. The molecule has 146 valence electrons. The third kappa shape index (κ3) is 4.97. The lowest BCUT2D eigenvalue weighted by Gasteiger charge is -2.36. The summed E-state index contributed by atoms with van der Waals surface area (Å²) in [5.41, 5.74) is 0.950. The zero-order chi connectivity index (χ0) is 18.6. The summed E-state index contributed by atoms with van der Waals surface area (Å²) >= 11 is 6.41. The molecule has 8 heteroatoms. The highest BCUT2D eigenvalue weighted by Gasteiger charge is 2.30. The van der Waals surface area contributed by atoms with Crippen molar-refractivity contribution in [2.45, 2.75) is 25.8 Å². The Hall–Kier alpha value is -0.700. The maximum atomic E-state index is 12.8. The molecule has 0 radical (unpaired) electrons. The van der Waals surface area contributed by atoms with Gasteiger partial charge in [0.2, 0.25) is 0 Å². The number of morpholine rings is 1. The number of ether oxygens (including phenoxy) is 1. The Morgan fingerprint density at radius 1 is 1.27 bits per heavy atom. The fourth-order valence-electron chi connectivity index (χ4n) is 3.71. The van der Waals surface area contributed by atoms with Gasteiger partial charge in [-0.15, -0.1) is 0 Å². The summed E-state index contributed by atoms with van der Waals surface area (Å²) in [4.78, 5) is 2.24. The van der Waals surface area contributed by atoms with Crippen molar-refractivity contribution >= 4 is 21.8 Å². The Balaban J connectivity index is 1.74. The molecular formula is C18H28ClN3O3S. The summed E-state index contributed by atoms with van der Waals surface area (Å²) in [7, 11) is -3.49. The minimum atomic E-state index is -3.49. The molecule has 2 heterocycles. The van der Waals surface area contributed by atoms with Gasteiger partial charge in [0, 0.05) is 37.7 Å². The van der Waals surface area contributed by atoms with E-state index in [2.05, 4.69) is 16.5 Å². The molecule has 3 rings (SSSR count). The Bertz CT molecular complexity index is 695. The van der Waals surface area contributed by atoms with Crippen LogP contribution in [0, 0.1) is 5.92 Å². The molecule has 2 aliphatic rings. The van der Waals surface area contributed by atoms with Crippen molar-refractivity contribution in [2.24, 2.45) is 5.92 Å². The number of piperidine rings is 1. The normalized spacial score (nSPS) is 24.5. The second-order valence-electron chi connectivity index (χ2n) is 7.14. The molecule has 1 N–H and O–H groups in total. The van der Waals surface area contributed by atoms with Gasteiger partial charge in [0.15, 0.2) is 0 Å². The van der Waals surface area contributed by atoms with Crippen LogP contribution in [0.15, 0.2) is 24.3 Å². The summed E-state index contributed by atoms with van der Waals surface area (Å²) in [5, 5.41) is 0.662. The summed E-state index contributed by atoms with van der Waals surface area (Å²) in [5.74, 6) is 0.402. The van der Waals surface area contributed by atoms with E-state index in [0.717, 1.165) is 31.5 Å². The van der Waals surface area contributed by atoms with Gasteiger partial charge >= 0.3 is 0 Å². The lowest BCUT2D eigenvalue weighted by molar-refractivity contribution is 0.0171. The van der Waals surface area contributed by atoms with Gasteiger partial charge in [0.1, 0.15) is 0 Å². The van der Waals surface area contributed by atoms with Crippen LogP contribution in [0.25, 0.3) is 0 Å². The maximum Gasteiger partial charge on any atom is 0.279 e. The number of nitrogens with one attached hydrogen (secondary N) is 1. The van der Waals surface area contributed by atoms with Crippen LogP contribution in [0.3, 0.4) is 0 Å². The van der Waals surface area contributed by atoms with E-state index in [-0.39, 0.29) is 6.04 Å². The highest BCUT2D eigenvalue weighted by molar-refractivity contribution is 7.87. The summed E-state index contributed by atoms with van der Waals surface area (Å²) < 4.78 is 35.4. The van der Waals surface area contributed by atoms with Gasteiger partial charge in [-0.2, -0.15) is 12.7 Å². The number of hydrogen-bond donors (Lipinski definition) is 1. The molecular weight excluding hydrogens is 374 g/mol. The largest absolute Gasteiger partial charge is 0.379 e. The van der Waals surface area contributed by atoms with Crippen molar-refractivity contribution < 1.29 is 13.2 Å². The number of rotatable bonds is 6. The minimum Gasteiger partial charge on any atom is -0.379 e. The fourth-order valence-corrected chi connectivity index (χ4v) is 5.34. The number of hydrogen-bond acceptors (Lipinski definition) is 4. The van der Waals surface area contributed by atoms with Crippen LogP contribution in [0.2, 0.25) is 5.02 Å². The van der Waals surface area contributed by atoms with Crippen LogP contribution in [0.1, 0.15) is 31.4 Å². The zero-order valence-corrected chi connectivity index (χ0v) is 16.8. The average molecular weight is 402 g/mol. The minimum absolute atomic E-state index is 0.107. The van der Waals surface area contributed by atoms with E-state index in [1.807, 2.05) is 24.3 Å². The quantitative estimate of drug-likeness (QED) is 0.794. The molecule has 2 aliphatic heterocycles. The van der Waals surface area contributed by atoms with Gasteiger partial charge in [0.25, 0.3) is 10.2 Å². The Morgan fingerprint density at radius 2 is 2.00 bits per heavy atom.